The summed E-state index contributed by atoms with van der Waals surface area (Å²) in [7, 11) is 0. The predicted octanol–water partition coefficient (Wildman–Crippen LogP) is 3.20. The fourth-order valence-electron chi connectivity index (χ4n) is 3.26. The minimum absolute atomic E-state index is 0.0561. The van der Waals surface area contributed by atoms with Crippen LogP contribution in [0.15, 0.2) is 67.0 Å². The van der Waals surface area contributed by atoms with E-state index in [9.17, 15) is 9.59 Å². The minimum atomic E-state index is -0.368. The number of halogens is 1. The molecule has 7 heteroatoms. The molecule has 4 rings (SSSR count). The van der Waals surface area contributed by atoms with Gasteiger partial charge in [-0.2, -0.15) is 5.10 Å². The Morgan fingerprint density at radius 3 is 2.61 bits per heavy atom. The molecule has 2 heterocycles. The molecule has 2 aromatic carbocycles. The van der Waals surface area contributed by atoms with Gasteiger partial charge in [-0.15, -0.1) is 0 Å². The highest BCUT2D eigenvalue weighted by Crippen LogP contribution is 2.26. The molecule has 0 bridgehead atoms. The van der Waals surface area contributed by atoms with Crippen molar-refractivity contribution in [3.8, 4) is 5.69 Å². The molecule has 1 aromatic heterocycles. The maximum Gasteiger partial charge on any atom is 0.227 e. The predicted molar refractivity (Wildman–Crippen MR) is 107 cm³/mol. The number of hydrogen-bond donors (Lipinski definition) is 1. The van der Waals surface area contributed by atoms with Gasteiger partial charge in [0.1, 0.15) is 0 Å². The van der Waals surface area contributed by atoms with E-state index in [1.807, 2.05) is 36.5 Å². The number of anilines is 1. The van der Waals surface area contributed by atoms with Gasteiger partial charge in [-0.3, -0.25) is 9.59 Å². The van der Waals surface area contributed by atoms with E-state index >= 15 is 0 Å². The summed E-state index contributed by atoms with van der Waals surface area (Å²) in [5.74, 6) is -0.552. The van der Waals surface area contributed by atoms with Gasteiger partial charge in [0.2, 0.25) is 11.8 Å². The van der Waals surface area contributed by atoms with E-state index in [4.69, 9.17) is 11.6 Å². The van der Waals surface area contributed by atoms with Crippen molar-refractivity contribution in [2.75, 3.05) is 11.4 Å². The molecule has 1 atom stereocenters. The Morgan fingerprint density at radius 2 is 1.86 bits per heavy atom. The molecule has 28 heavy (non-hydrogen) atoms. The molecule has 1 unspecified atom stereocenters. The van der Waals surface area contributed by atoms with Crippen LogP contribution in [0.4, 0.5) is 5.69 Å². The van der Waals surface area contributed by atoms with Gasteiger partial charge in [0.15, 0.2) is 0 Å². The topological polar surface area (TPSA) is 67.2 Å². The van der Waals surface area contributed by atoms with E-state index in [0.29, 0.717) is 18.1 Å². The largest absolute Gasteiger partial charge is 0.352 e. The first-order valence-electron chi connectivity index (χ1n) is 9.03. The summed E-state index contributed by atoms with van der Waals surface area (Å²) in [5, 5.41) is 7.85. The highest BCUT2D eigenvalue weighted by Gasteiger charge is 2.34. The molecule has 2 amide bonds. The molecule has 0 aliphatic carbocycles. The number of rotatable bonds is 5. The third kappa shape index (κ3) is 3.92. The first kappa shape index (κ1) is 18.3. The SMILES string of the molecule is O=C(NCc1cnn(-c2ccccc2)c1)C1CC(=O)N(c2ccc(Cl)cc2)C1. The Kier molecular flexibility index (Phi) is 5.12. The molecule has 3 aromatic rings. The van der Waals surface area contributed by atoms with Gasteiger partial charge in [-0.1, -0.05) is 29.8 Å². The lowest BCUT2D eigenvalue weighted by atomic mass is 10.1. The van der Waals surface area contributed by atoms with E-state index in [2.05, 4.69) is 10.4 Å². The summed E-state index contributed by atoms with van der Waals surface area (Å²) >= 11 is 5.90. The van der Waals surface area contributed by atoms with Gasteiger partial charge in [-0.25, -0.2) is 4.68 Å². The average Bonchev–Trinajstić information content (AvgIpc) is 3.34. The van der Waals surface area contributed by atoms with Crippen LogP contribution in [0.25, 0.3) is 5.69 Å². The van der Waals surface area contributed by atoms with Crippen molar-refractivity contribution in [2.24, 2.45) is 5.92 Å². The average molecular weight is 395 g/mol. The lowest BCUT2D eigenvalue weighted by Gasteiger charge is -2.16. The zero-order valence-electron chi connectivity index (χ0n) is 15.1. The summed E-state index contributed by atoms with van der Waals surface area (Å²) in [6.45, 7) is 0.743. The molecule has 1 aliphatic rings. The van der Waals surface area contributed by atoms with Crippen LogP contribution in [0.2, 0.25) is 5.02 Å². The van der Waals surface area contributed by atoms with Gasteiger partial charge < -0.3 is 10.2 Å². The first-order valence-corrected chi connectivity index (χ1v) is 9.40. The minimum Gasteiger partial charge on any atom is -0.352 e. The van der Waals surface area contributed by atoms with Crippen LogP contribution in [0, 0.1) is 5.92 Å². The molecule has 1 saturated heterocycles. The van der Waals surface area contributed by atoms with E-state index in [0.717, 1.165) is 16.9 Å². The van der Waals surface area contributed by atoms with Crippen LogP contribution >= 0.6 is 11.6 Å². The molecule has 0 saturated carbocycles. The Labute approximate surface area is 167 Å². The standard InChI is InChI=1S/C21H19ClN4O2/c22-17-6-8-18(9-7-17)25-14-16(10-20(25)27)21(28)23-11-15-12-24-26(13-15)19-4-2-1-3-5-19/h1-9,12-13,16H,10-11,14H2,(H,23,28). The van der Waals surface area contributed by atoms with Gasteiger partial charge >= 0.3 is 0 Å². The van der Waals surface area contributed by atoms with Crippen molar-refractivity contribution < 1.29 is 9.59 Å². The number of aromatic nitrogens is 2. The normalized spacial score (nSPS) is 16.4. The van der Waals surface area contributed by atoms with Crippen LogP contribution in [0.5, 0.6) is 0 Å². The Balaban J connectivity index is 1.35. The monoisotopic (exact) mass is 394 g/mol. The van der Waals surface area contributed by atoms with Crippen LogP contribution < -0.4 is 10.2 Å². The van der Waals surface area contributed by atoms with E-state index in [1.165, 1.54) is 0 Å². The van der Waals surface area contributed by atoms with Crippen LogP contribution in [0.1, 0.15) is 12.0 Å². The summed E-state index contributed by atoms with van der Waals surface area (Å²) in [5.41, 5.74) is 2.62. The fourth-order valence-corrected chi connectivity index (χ4v) is 3.39. The number of benzene rings is 2. The van der Waals surface area contributed by atoms with Gasteiger partial charge in [-0.05, 0) is 36.4 Å². The number of hydrogen-bond acceptors (Lipinski definition) is 3. The maximum atomic E-state index is 12.5. The summed E-state index contributed by atoms with van der Waals surface area (Å²) in [6, 6.07) is 16.8. The van der Waals surface area contributed by atoms with Crippen LogP contribution in [0.3, 0.4) is 0 Å². The second kappa shape index (κ2) is 7.86. The molecule has 142 valence electrons. The number of amides is 2. The second-order valence-electron chi connectivity index (χ2n) is 6.73. The van der Waals surface area contributed by atoms with Gasteiger partial charge in [0.05, 0.1) is 17.8 Å². The van der Waals surface area contributed by atoms with Crippen molar-refractivity contribution in [2.45, 2.75) is 13.0 Å². The van der Waals surface area contributed by atoms with Gasteiger partial charge in [0, 0.05) is 42.0 Å². The van der Waals surface area contributed by atoms with Crippen LogP contribution in [-0.2, 0) is 16.1 Å². The number of carbonyl (C=O) groups is 2. The van der Waals surface area contributed by atoms with Gasteiger partial charge in [0.25, 0.3) is 0 Å². The lowest BCUT2D eigenvalue weighted by molar-refractivity contribution is -0.126. The molecule has 1 aliphatic heterocycles. The Bertz CT molecular complexity index is 985. The summed E-state index contributed by atoms with van der Waals surface area (Å²) in [6.07, 6.45) is 3.82. The van der Waals surface area contributed by atoms with Crippen molar-refractivity contribution in [1.82, 2.24) is 15.1 Å². The van der Waals surface area contributed by atoms with E-state index in [-0.39, 0.29) is 24.2 Å². The van der Waals surface area contributed by atoms with Crippen molar-refractivity contribution in [3.05, 3.63) is 77.6 Å². The Morgan fingerprint density at radius 1 is 1.11 bits per heavy atom. The zero-order chi connectivity index (χ0) is 19.5. The lowest BCUT2D eigenvalue weighted by Crippen LogP contribution is -2.32. The molecule has 6 nitrogen and oxygen atoms in total. The van der Waals surface area contributed by atoms with E-state index in [1.54, 1.807) is 40.0 Å². The molecule has 1 N–H and O–H groups in total. The van der Waals surface area contributed by atoms with Crippen molar-refractivity contribution in [3.63, 3.8) is 0 Å². The maximum absolute atomic E-state index is 12.5. The fraction of sp³-hybridized carbons (Fsp3) is 0.190. The molecule has 0 radical (unpaired) electrons. The quantitative estimate of drug-likeness (QED) is 0.722. The van der Waals surface area contributed by atoms with E-state index < -0.39 is 0 Å². The third-order valence-corrected chi connectivity index (χ3v) is 5.01. The summed E-state index contributed by atoms with van der Waals surface area (Å²) < 4.78 is 1.77. The number of carbonyl (C=O) groups excluding carboxylic acids is 2. The third-order valence-electron chi connectivity index (χ3n) is 4.76. The molecule has 1 fully saturated rings. The Hall–Kier alpha value is -3.12. The smallest absolute Gasteiger partial charge is 0.227 e. The highest BCUT2D eigenvalue weighted by atomic mass is 35.5. The number of nitrogens with zero attached hydrogens (tertiary/aromatic N) is 3. The van der Waals surface area contributed by atoms with Crippen LogP contribution in [-0.4, -0.2) is 28.1 Å². The molecular formula is C21H19ClN4O2. The summed E-state index contributed by atoms with van der Waals surface area (Å²) in [4.78, 5) is 26.5. The molecular weight excluding hydrogens is 376 g/mol. The first-order chi connectivity index (χ1) is 13.6. The number of para-hydroxylation sites is 1. The second-order valence-corrected chi connectivity index (χ2v) is 7.16. The van der Waals surface area contributed by atoms with Crippen molar-refractivity contribution in [1.29, 1.82) is 0 Å². The molecule has 0 spiro atoms. The zero-order valence-corrected chi connectivity index (χ0v) is 15.8. The van der Waals surface area contributed by atoms with Crippen molar-refractivity contribution >= 4 is 29.1 Å². The number of nitrogens with one attached hydrogen (secondary N) is 1. The highest BCUT2D eigenvalue weighted by molar-refractivity contribution is 6.30.